The second-order valence-corrected chi connectivity index (χ2v) is 17.6. The lowest BCUT2D eigenvalue weighted by molar-refractivity contribution is 0.104. The Labute approximate surface area is 349 Å². The van der Waals surface area contributed by atoms with E-state index >= 15 is 0 Å². The average Bonchev–Trinajstić information content (AvgIpc) is 3.54. The number of hydrogen-bond donors (Lipinski definition) is 0. The van der Waals surface area contributed by atoms with Gasteiger partial charge in [-0.25, -0.2) is 19.9 Å². The van der Waals surface area contributed by atoms with E-state index in [4.69, 9.17) is 0 Å². The van der Waals surface area contributed by atoms with Gasteiger partial charge in [-0.15, -0.1) is 0 Å². The smallest absolute Gasteiger partial charge is 0.194 e. The zero-order chi connectivity index (χ0) is 40.5. The topological polar surface area (TPSA) is 75.1 Å². The number of para-hydroxylation sites is 2. The van der Waals surface area contributed by atoms with Gasteiger partial charge < -0.3 is 9.80 Å². The summed E-state index contributed by atoms with van der Waals surface area (Å²) in [5.41, 5.74) is 20.7. The summed E-state index contributed by atoms with van der Waals surface area (Å²) in [5.74, 6) is 0.00678. The number of hydrogen-bond acceptors (Lipinski definition) is 7. The number of ketones is 1. The molecule has 7 nitrogen and oxygen atoms in total. The lowest BCUT2D eigenvalue weighted by Crippen LogP contribution is -2.33. The molecule has 288 valence electrons. The van der Waals surface area contributed by atoms with Crippen molar-refractivity contribution in [3.8, 4) is 44.5 Å². The van der Waals surface area contributed by atoms with Gasteiger partial charge in [0.05, 0.1) is 0 Å². The number of carbonyl (C=O) groups is 1. The highest BCUT2D eigenvalue weighted by atomic mass is 16.1. The van der Waals surface area contributed by atoms with Crippen molar-refractivity contribution >= 4 is 28.5 Å². The largest absolute Gasteiger partial charge is 0.336 e. The van der Waals surface area contributed by atoms with Gasteiger partial charge in [0.25, 0.3) is 0 Å². The molecular weight excluding hydrogens is 737 g/mol. The van der Waals surface area contributed by atoms with E-state index in [1.54, 1.807) is 12.7 Å². The third-order valence-electron chi connectivity index (χ3n) is 13.7. The standard InChI is InChI=1S/C53H40N6O/c1-52(2)43-9-5-7-11-47(43)58-27-33-17-39-40-18-34(38(36-25-56-30-57-26-36)22-42(40)51(60)41(39)21-37(33)35-23-54-29-55-24-35)28-59-48-12-8-6-10-44(48)53(3,4)46-16-14-32(20-50(46)59)31-13-15-45(52)49(58)19-31/h5-26,29-30H,27-28H2,1-4H3. The van der Waals surface area contributed by atoms with E-state index in [0.717, 1.165) is 55.6 Å². The predicted octanol–water partition coefficient (Wildman–Crippen LogP) is 11.7. The number of benzene rings is 6. The van der Waals surface area contributed by atoms with Crippen molar-refractivity contribution in [2.24, 2.45) is 0 Å². The van der Waals surface area contributed by atoms with Crippen molar-refractivity contribution in [2.45, 2.75) is 51.6 Å². The molecule has 7 heteroatoms. The SMILES string of the molecule is CC1(C)c2ccccc2N2Cc3cc4c(cc3-c3cncnc3)C(=O)c3cc(-c5cncnc5)c(cc3-4)CN3c4ccccc4C(C)(C)c4ccc(cc43)-c3ccc1c2c3. The number of anilines is 4. The Balaban J connectivity index is 1.19. The van der Waals surface area contributed by atoms with Gasteiger partial charge in [-0.05, 0) is 115 Å². The first-order chi connectivity index (χ1) is 29.2. The summed E-state index contributed by atoms with van der Waals surface area (Å²) in [6.07, 6.45) is 10.5. The molecule has 2 aromatic heterocycles. The van der Waals surface area contributed by atoms with Crippen molar-refractivity contribution in [2.75, 3.05) is 9.80 Å². The highest BCUT2D eigenvalue weighted by molar-refractivity contribution is 6.23. The third-order valence-corrected chi connectivity index (χ3v) is 13.7. The van der Waals surface area contributed by atoms with Crippen LogP contribution in [0.1, 0.15) is 77.0 Å². The number of nitrogens with zero attached hydrogens (tertiary/aromatic N) is 6. The lowest BCUT2D eigenvalue weighted by atomic mass is 9.72. The maximum Gasteiger partial charge on any atom is 0.194 e. The van der Waals surface area contributed by atoms with Crippen LogP contribution < -0.4 is 9.80 Å². The van der Waals surface area contributed by atoms with Crippen LogP contribution in [0.5, 0.6) is 0 Å². The van der Waals surface area contributed by atoms with Gasteiger partial charge in [0.1, 0.15) is 12.7 Å². The Hall–Kier alpha value is -7.25. The van der Waals surface area contributed by atoms with E-state index in [1.807, 2.05) is 24.8 Å². The zero-order valence-electron chi connectivity index (χ0n) is 33.9. The van der Waals surface area contributed by atoms with Crippen LogP contribution in [-0.4, -0.2) is 25.7 Å². The Kier molecular flexibility index (Phi) is 7.17. The number of rotatable bonds is 2. The van der Waals surface area contributed by atoms with E-state index in [0.29, 0.717) is 24.2 Å². The highest BCUT2D eigenvalue weighted by Crippen LogP contribution is 2.54. The molecular formula is C53H40N6O. The minimum atomic E-state index is -0.237. The zero-order valence-corrected chi connectivity index (χ0v) is 33.9. The van der Waals surface area contributed by atoms with Crippen molar-refractivity contribution < 1.29 is 4.79 Å². The van der Waals surface area contributed by atoms with Crippen LogP contribution in [0.4, 0.5) is 22.7 Å². The molecule has 4 aliphatic rings. The quantitative estimate of drug-likeness (QED) is 0.173. The van der Waals surface area contributed by atoms with E-state index in [9.17, 15) is 4.79 Å². The van der Waals surface area contributed by atoms with Crippen molar-refractivity contribution in [1.29, 1.82) is 0 Å². The monoisotopic (exact) mass is 776 g/mol. The van der Waals surface area contributed by atoms with E-state index in [-0.39, 0.29) is 16.6 Å². The predicted molar refractivity (Wildman–Crippen MR) is 238 cm³/mol. The number of aromatic nitrogens is 4. The molecule has 0 spiro atoms. The molecule has 0 amide bonds. The minimum absolute atomic E-state index is 0.00678. The number of carbonyl (C=O) groups excluding carboxylic acids is 1. The Bertz CT molecular complexity index is 2930. The summed E-state index contributed by atoms with van der Waals surface area (Å²) < 4.78 is 0. The first-order valence-electron chi connectivity index (χ1n) is 20.6. The van der Waals surface area contributed by atoms with Crippen molar-refractivity contribution in [1.82, 2.24) is 19.9 Å². The van der Waals surface area contributed by atoms with Gasteiger partial charge in [-0.1, -0.05) is 88.4 Å². The van der Waals surface area contributed by atoms with E-state index in [1.165, 1.54) is 45.0 Å². The molecule has 0 radical (unpaired) electrons. The Morgan fingerprint density at radius 3 is 1.25 bits per heavy atom. The maximum absolute atomic E-state index is 14.8. The molecule has 0 saturated heterocycles. The fourth-order valence-electron chi connectivity index (χ4n) is 10.6. The molecule has 60 heavy (non-hydrogen) atoms. The van der Waals surface area contributed by atoms with Crippen LogP contribution >= 0.6 is 0 Å². The molecule has 8 bridgehead atoms. The first-order valence-corrected chi connectivity index (χ1v) is 20.6. The molecule has 3 aliphatic heterocycles. The number of fused-ring (bicyclic) bond motifs is 9. The highest BCUT2D eigenvalue weighted by Gasteiger charge is 2.40. The molecule has 0 saturated carbocycles. The molecule has 1 aliphatic carbocycles. The van der Waals surface area contributed by atoms with Gasteiger partial charge in [0.2, 0.25) is 0 Å². The van der Waals surface area contributed by atoms with Crippen LogP contribution in [0.15, 0.2) is 147 Å². The fourth-order valence-corrected chi connectivity index (χ4v) is 10.6. The molecule has 6 aromatic carbocycles. The van der Waals surface area contributed by atoms with Gasteiger partial charge in [0, 0.05) is 93.7 Å². The van der Waals surface area contributed by atoms with Gasteiger partial charge in [-0.3, -0.25) is 4.79 Å². The second-order valence-electron chi connectivity index (χ2n) is 17.6. The summed E-state index contributed by atoms with van der Waals surface area (Å²) in [6, 6.07) is 40.3. The normalized spacial score (nSPS) is 15.8. The maximum atomic E-state index is 14.8. The molecule has 8 aromatic rings. The summed E-state index contributed by atoms with van der Waals surface area (Å²) in [4.78, 5) is 37.5. The summed E-state index contributed by atoms with van der Waals surface area (Å²) in [6.45, 7) is 10.5. The second kappa shape index (κ2) is 12.4. The molecule has 0 N–H and O–H groups in total. The van der Waals surface area contributed by atoms with Gasteiger partial charge in [-0.2, -0.15) is 0 Å². The molecule has 0 atom stereocenters. The van der Waals surface area contributed by atoms with Gasteiger partial charge in [0.15, 0.2) is 5.78 Å². The van der Waals surface area contributed by atoms with Crippen molar-refractivity contribution in [3.63, 3.8) is 0 Å². The van der Waals surface area contributed by atoms with Crippen LogP contribution in [-0.2, 0) is 23.9 Å². The van der Waals surface area contributed by atoms with Crippen LogP contribution in [0.25, 0.3) is 44.5 Å². The van der Waals surface area contributed by atoms with Gasteiger partial charge >= 0.3 is 0 Å². The van der Waals surface area contributed by atoms with E-state index in [2.05, 4.69) is 167 Å². The molecule has 12 rings (SSSR count). The first kappa shape index (κ1) is 34.8. The minimum Gasteiger partial charge on any atom is -0.336 e. The van der Waals surface area contributed by atoms with Crippen LogP contribution in [0, 0.1) is 0 Å². The average molecular weight is 777 g/mol. The summed E-state index contributed by atoms with van der Waals surface area (Å²) >= 11 is 0. The molecule has 5 heterocycles. The van der Waals surface area contributed by atoms with E-state index < -0.39 is 0 Å². The summed E-state index contributed by atoms with van der Waals surface area (Å²) in [5, 5.41) is 0. The molecule has 0 unspecified atom stereocenters. The van der Waals surface area contributed by atoms with Crippen LogP contribution in [0.2, 0.25) is 0 Å². The Morgan fingerprint density at radius 2 is 0.817 bits per heavy atom. The van der Waals surface area contributed by atoms with Crippen molar-refractivity contribution in [3.05, 3.63) is 191 Å². The van der Waals surface area contributed by atoms with Crippen LogP contribution in [0.3, 0.4) is 0 Å². The molecule has 0 fully saturated rings. The Morgan fingerprint density at radius 1 is 0.417 bits per heavy atom. The lowest BCUT2D eigenvalue weighted by Gasteiger charge is -2.43. The fraction of sp³-hybridized carbons (Fsp3) is 0.151. The summed E-state index contributed by atoms with van der Waals surface area (Å²) in [7, 11) is 0. The third kappa shape index (κ3) is 4.86.